The summed E-state index contributed by atoms with van der Waals surface area (Å²) in [5.74, 6) is -0.0561. The highest BCUT2D eigenvalue weighted by atomic mass is 79.9. The molecule has 130 valence electrons. The highest BCUT2D eigenvalue weighted by Crippen LogP contribution is 2.33. The van der Waals surface area contributed by atoms with Gasteiger partial charge in [-0.1, -0.05) is 15.9 Å². The summed E-state index contributed by atoms with van der Waals surface area (Å²) in [6.07, 6.45) is -3.79. The van der Waals surface area contributed by atoms with Crippen LogP contribution in [0.1, 0.15) is 17.0 Å². The fourth-order valence-corrected chi connectivity index (χ4v) is 3.28. The summed E-state index contributed by atoms with van der Waals surface area (Å²) in [7, 11) is 0. The quantitative estimate of drug-likeness (QED) is 0.712. The Hall–Kier alpha value is -2.36. The molecule has 0 fully saturated rings. The molecular weight excluding hydrogens is 403 g/mol. The molecule has 2 aromatic heterocycles. The van der Waals surface area contributed by atoms with Gasteiger partial charge in [0.2, 0.25) is 0 Å². The first-order chi connectivity index (χ1) is 11.9. The third-order valence-corrected chi connectivity index (χ3v) is 4.26. The van der Waals surface area contributed by atoms with Gasteiger partial charge in [0, 0.05) is 23.0 Å². The number of aromatic nitrogens is 4. The minimum atomic E-state index is -4.62. The van der Waals surface area contributed by atoms with Crippen molar-refractivity contribution in [2.45, 2.75) is 19.1 Å². The van der Waals surface area contributed by atoms with Crippen LogP contribution in [-0.2, 0) is 19.1 Å². The van der Waals surface area contributed by atoms with Gasteiger partial charge in [-0.15, -0.1) is 15.3 Å². The minimum absolute atomic E-state index is 0.0320. The molecule has 0 unspecified atom stereocenters. The van der Waals surface area contributed by atoms with Crippen LogP contribution in [-0.4, -0.2) is 26.4 Å². The molecule has 0 radical (unpaired) electrons. The van der Waals surface area contributed by atoms with E-state index in [9.17, 15) is 13.2 Å². The Morgan fingerprint density at radius 2 is 2.08 bits per heavy atom. The number of nitrogens with zero attached hydrogens (tertiary/aromatic N) is 4. The SMILES string of the molecule is FC(F)(F)c1nnc2ccc(NCc3cc(Br)cc4c3OCC4)nn12. The largest absolute Gasteiger partial charge is 0.493 e. The second kappa shape index (κ2) is 5.87. The number of nitrogens with one attached hydrogen (secondary N) is 1. The van der Waals surface area contributed by atoms with Crippen molar-refractivity contribution in [2.24, 2.45) is 0 Å². The van der Waals surface area contributed by atoms with Crippen molar-refractivity contribution in [1.82, 2.24) is 19.8 Å². The van der Waals surface area contributed by atoms with Gasteiger partial charge >= 0.3 is 6.18 Å². The van der Waals surface area contributed by atoms with Crippen LogP contribution in [0.15, 0.2) is 28.7 Å². The smallest absolute Gasteiger partial charge is 0.453 e. The van der Waals surface area contributed by atoms with E-state index >= 15 is 0 Å². The van der Waals surface area contributed by atoms with Crippen LogP contribution in [0.2, 0.25) is 0 Å². The zero-order valence-electron chi connectivity index (χ0n) is 12.6. The number of hydrogen-bond acceptors (Lipinski definition) is 5. The average Bonchev–Trinajstić information content (AvgIpc) is 3.17. The fourth-order valence-electron chi connectivity index (χ4n) is 2.72. The molecule has 1 aliphatic heterocycles. The maximum atomic E-state index is 12.9. The van der Waals surface area contributed by atoms with E-state index in [1.165, 1.54) is 6.07 Å². The first kappa shape index (κ1) is 16.1. The van der Waals surface area contributed by atoms with E-state index in [-0.39, 0.29) is 11.5 Å². The molecule has 10 heteroatoms. The van der Waals surface area contributed by atoms with Gasteiger partial charge in [0.05, 0.1) is 6.61 Å². The number of rotatable bonds is 3. The Kier molecular flexibility index (Phi) is 3.78. The van der Waals surface area contributed by atoms with Crippen LogP contribution in [0, 0.1) is 0 Å². The van der Waals surface area contributed by atoms with Gasteiger partial charge in [-0.2, -0.15) is 17.7 Å². The molecule has 6 nitrogen and oxygen atoms in total. The number of ether oxygens (including phenoxy) is 1. The van der Waals surface area contributed by atoms with E-state index in [0.29, 0.717) is 17.7 Å². The van der Waals surface area contributed by atoms with Crippen LogP contribution >= 0.6 is 15.9 Å². The molecule has 1 aromatic carbocycles. The van der Waals surface area contributed by atoms with Gasteiger partial charge in [-0.25, -0.2) is 0 Å². The molecule has 1 aliphatic rings. The molecule has 3 aromatic rings. The van der Waals surface area contributed by atoms with Crippen molar-refractivity contribution in [2.75, 3.05) is 11.9 Å². The van der Waals surface area contributed by atoms with E-state index in [1.54, 1.807) is 6.07 Å². The standard InChI is InChI=1S/C15H11BrF3N5O/c16-10-5-8-3-4-25-13(8)9(6-10)7-20-11-1-2-12-21-22-14(15(17,18)19)24(12)23-11/h1-2,5-6H,3-4,7H2,(H,20,23). The Labute approximate surface area is 148 Å². The fraction of sp³-hybridized carbons (Fsp3) is 0.267. The molecule has 0 spiro atoms. The summed E-state index contributed by atoms with van der Waals surface area (Å²) in [6.45, 7) is 0.988. The van der Waals surface area contributed by atoms with Crippen molar-refractivity contribution in [3.63, 3.8) is 0 Å². The molecule has 0 atom stereocenters. The second-order valence-corrected chi connectivity index (χ2v) is 6.43. The minimum Gasteiger partial charge on any atom is -0.493 e. The Bertz CT molecular complexity index is 956. The average molecular weight is 414 g/mol. The van der Waals surface area contributed by atoms with Gasteiger partial charge in [0.15, 0.2) is 5.65 Å². The molecule has 25 heavy (non-hydrogen) atoms. The molecule has 1 N–H and O–H groups in total. The van der Waals surface area contributed by atoms with E-state index in [0.717, 1.165) is 27.8 Å². The van der Waals surface area contributed by atoms with Crippen LogP contribution in [0.3, 0.4) is 0 Å². The summed E-state index contributed by atoms with van der Waals surface area (Å²) < 4.78 is 46.0. The van der Waals surface area contributed by atoms with Gasteiger partial charge in [-0.3, -0.25) is 0 Å². The number of hydrogen-bond donors (Lipinski definition) is 1. The third-order valence-electron chi connectivity index (χ3n) is 3.80. The first-order valence-electron chi connectivity index (χ1n) is 7.39. The number of anilines is 1. The Balaban J connectivity index is 1.62. The summed E-state index contributed by atoms with van der Waals surface area (Å²) in [5, 5.41) is 13.6. The van der Waals surface area contributed by atoms with Gasteiger partial charge < -0.3 is 10.1 Å². The topological polar surface area (TPSA) is 64.3 Å². The monoisotopic (exact) mass is 413 g/mol. The summed E-state index contributed by atoms with van der Waals surface area (Å²) in [5.41, 5.74) is 2.04. The highest BCUT2D eigenvalue weighted by molar-refractivity contribution is 9.10. The predicted molar refractivity (Wildman–Crippen MR) is 86.5 cm³/mol. The molecule has 4 rings (SSSR count). The van der Waals surface area contributed by atoms with Gasteiger partial charge in [0.25, 0.3) is 5.82 Å². The second-order valence-electron chi connectivity index (χ2n) is 5.52. The zero-order valence-corrected chi connectivity index (χ0v) is 14.2. The number of alkyl halides is 3. The molecular formula is C15H11BrF3N5O. The van der Waals surface area contributed by atoms with E-state index < -0.39 is 12.0 Å². The van der Waals surface area contributed by atoms with Crippen molar-refractivity contribution >= 4 is 27.4 Å². The third kappa shape index (κ3) is 3.01. The van der Waals surface area contributed by atoms with Gasteiger partial charge in [-0.05, 0) is 29.8 Å². The normalized spacial score (nSPS) is 13.8. The molecule has 0 bridgehead atoms. The number of halogens is 4. The highest BCUT2D eigenvalue weighted by Gasteiger charge is 2.37. The zero-order chi connectivity index (χ0) is 17.6. The Morgan fingerprint density at radius 3 is 2.88 bits per heavy atom. The van der Waals surface area contributed by atoms with Crippen LogP contribution in [0.25, 0.3) is 5.65 Å². The molecule has 0 saturated heterocycles. The predicted octanol–water partition coefficient (Wildman–Crippen LogP) is 3.45. The lowest BCUT2D eigenvalue weighted by molar-refractivity contribution is -0.146. The Morgan fingerprint density at radius 1 is 1.24 bits per heavy atom. The van der Waals surface area contributed by atoms with Crippen LogP contribution in [0.5, 0.6) is 5.75 Å². The molecule has 0 amide bonds. The summed E-state index contributed by atoms with van der Waals surface area (Å²) in [4.78, 5) is 0. The van der Waals surface area contributed by atoms with Crippen molar-refractivity contribution in [1.29, 1.82) is 0 Å². The van der Waals surface area contributed by atoms with E-state index in [2.05, 4.69) is 36.5 Å². The first-order valence-corrected chi connectivity index (χ1v) is 8.19. The lowest BCUT2D eigenvalue weighted by Crippen LogP contribution is -2.13. The number of benzene rings is 1. The van der Waals surface area contributed by atoms with Crippen molar-refractivity contribution in [3.8, 4) is 5.75 Å². The number of fused-ring (bicyclic) bond motifs is 2. The maximum Gasteiger partial charge on any atom is 0.453 e. The maximum absolute atomic E-state index is 12.9. The lowest BCUT2D eigenvalue weighted by atomic mass is 10.1. The molecule has 0 saturated carbocycles. The van der Waals surface area contributed by atoms with Crippen molar-refractivity contribution in [3.05, 3.63) is 45.7 Å². The molecule has 3 heterocycles. The van der Waals surface area contributed by atoms with E-state index in [1.807, 2.05) is 12.1 Å². The lowest BCUT2D eigenvalue weighted by Gasteiger charge is -2.11. The van der Waals surface area contributed by atoms with E-state index in [4.69, 9.17) is 4.74 Å². The molecule has 0 aliphatic carbocycles. The van der Waals surface area contributed by atoms with Crippen LogP contribution in [0.4, 0.5) is 19.0 Å². The summed E-state index contributed by atoms with van der Waals surface area (Å²) >= 11 is 3.46. The summed E-state index contributed by atoms with van der Waals surface area (Å²) in [6, 6.07) is 6.90. The van der Waals surface area contributed by atoms with Crippen molar-refractivity contribution < 1.29 is 17.9 Å². The van der Waals surface area contributed by atoms with Gasteiger partial charge in [0.1, 0.15) is 11.6 Å². The van der Waals surface area contributed by atoms with Crippen LogP contribution < -0.4 is 10.1 Å².